The highest BCUT2D eigenvalue weighted by atomic mass is 32.2. The van der Waals surface area contributed by atoms with Crippen LogP contribution in [0.2, 0.25) is 0 Å². The molecule has 2 aliphatic rings. The molecule has 1 aromatic heterocycles. The first-order chi connectivity index (χ1) is 15.5. The van der Waals surface area contributed by atoms with Gasteiger partial charge in [-0.1, -0.05) is 49.2 Å². The lowest BCUT2D eigenvalue weighted by atomic mass is 9.79. The summed E-state index contributed by atoms with van der Waals surface area (Å²) in [5.74, 6) is -0.211. The average molecular weight is 471 g/mol. The highest BCUT2D eigenvalue weighted by molar-refractivity contribution is 7.89. The normalized spacial score (nSPS) is 21.2. The molecule has 1 saturated carbocycles. The molecule has 2 heterocycles. The Bertz CT molecular complexity index is 1220. The van der Waals surface area contributed by atoms with Crippen molar-refractivity contribution in [1.29, 1.82) is 0 Å². The Morgan fingerprint density at radius 3 is 2.62 bits per heavy atom. The number of nitrogens with zero attached hydrogens (tertiary/aromatic N) is 3. The number of amides is 1. The van der Waals surface area contributed by atoms with Gasteiger partial charge in [-0.3, -0.25) is 4.79 Å². The molecule has 3 aromatic rings. The predicted octanol–water partition coefficient (Wildman–Crippen LogP) is 3.47. The van der Waals surface area contributed by atoms with E-state index in [1.165, 1.54) is 9.87 Å². The van der Waals surface area contributed by atoms with Crippen LogP contribution in [0, 0.1) is 0 Å². The van der Waals surface area contributed by atoms with Gasteiger partial charge in [0.25, 0.3) is 0 Å². The van der Waals surface area contributed by atoms with Gasteiger partial charge in [0.05, 0.1) is 11.7 Å². The van der Waals surface area contributed by atoms with E-state index in [1.54, 1.807) is 18.2 Å². The van der Waals surface area contributed by atoms with Gasteiger partial charge in [-0.25, -0.2) is 8.42 Å². The molecule has 7 nitrogen and oxygen atoms in total. The summed E-state index contributed by atoms with van der Waals surface area (Å²) < 4.78 is 36.7. The van der Waals surface area contributed by atoms with Crippen molar-refractivity contribution >= 4 is 38.7 Å². The zero-order valence-electron chi connectivity index (χ0n) is 17.7. The maximum atomic E-state index is 13.5. The number of rotatable bonds is 6. The van der Waals surface area contributed by atoms with E-state index in [9.17, 15) is 13.2 Å². The number of carbonyl (C=O) groups excluding carboxylic acids is 1. The number of hydrogen-bond acceptors (Lipinski definition) is 6. The van der Waals surface area contributed by atoms with Crippen molar-refractivity contribution in [2.45, 2.75) is 54.9 Å². The highest BCUT2D eigenvalue weighted by Crippen LogP contribution is 2.40. The minimum absolute atomic E-state index is 0.0723. The van der Waals surface area contributed by atoms with E-state index in [1.807, 2.05) is 18.2 Å². The van der Waals surface area contributed by atoms with Crippen LogP contribution < -0.4 is 5.32 Å². The van der Waals surface area contributed by atoms with Gasteiger partial charge < -0.3 is 5.32 Å². The molecule has 1 atom stereocenters. The number of hydrogen-bond donors (Lipinski definition) is 1. The van der Waals surface area contributed by atoms with E-state index in [-0.39, 0.29) is 16.2 Å². The van der Waals surface area contributed by atoms with Crippen molar-refractivity contribution in [2.75, 3.05) is 13.1 Å². The Morgan fingerprint density at radius 1 is 1.06 bits per heavy atom. The summed E-state index contributed by atoms with van der Waals surface area (Å²) in [7, 11) is -3.86. The maximum absolute atomic E-state index is 13.5. The largest absolute Gasteiger partial charge is 0.354 e. The maximum Gasteiger partial charge on any atom is 0.246 e. The van der Waals surface area contributed by atoms with E-state index in [0.717, 1.165) is 37.4 Å². The minimum atomic E-state index is -3.86. The van der Waals surface area contributed by atoms with Crippen LogP contribution in [0.25, 0.3) is 11.0 Å². The minimum Gasteiger partial charge on any atom is -0.354 e. The van der Waals surface area contributed by atoms with Gasteiger partial charge in [-0.2, -0.15) is 13.1 Å². The van der Waals surface area contributed by atoms with Gasteiger partial charge in [0, 0.05) is 18.5 Å². The van der Waals surface area contributed by atoms with E-state index >= 15 is 0 Å². The molecule has 5 rings (SSSR count). The molecule has 1 saturated heterocycles. The molecule has 32 heavy (non-hydrogen) atoms. The fourth-order valence-electron chi connectivity index (χ4n) is 5.19. The summed E-state index contributed by atoms with van der Waals surface area (Å²) in [4.78, 5) is 13.4. The van der Waals surface area contributed by atoms with Gasteiger partial charge in [-0.05, 0) is 43.4 Å². The summed E-state index contributed by atoms with van der Waals surface area (Å²) in [5.41, 5.74) is 2.10. The van der Waals surface area contributed by atoms with Crippen LogP contribution in [0.1, 0.15) is 44.1 Å². The Kier molecular flexibility index (Phi) is 5.73. The Labute approximate surface area is 192 Å². The van der Waals surface area contributed by atoms with Crippen LogP contribution in [0.5, 0.6) is 0 Å². The number of benzene rings is 2. The van der Waals surface area contributed by atoms with E-state index in [0.29, 0.717) is 37.0 Å². The van der Waals surface area contributed by atoms with Crippen LogP contribution >= 0.6 is 11.7 Å². The number of sulfonamides is 1. The third-order valence-electron chi connectivity index (χ3n) is 6.89. The van der Waals surface area contributed by atoms with Crippen molar-refractivity contribution < 1.29 is 13.2 Å². The lowest BCUT2D eigenvalue weighted by molar-refractivity contribution is -0.124. The van der Waals surface area contributed by atoms with E-state index < -0.39 is 16.1 Å². The van der Waals surface area contributed by atoms with Crippen LogP contribution in [-0.4, -0.2) is 46.5 Å². The average Bonchev–Trinajstić information content (AvgIpc) is 3.58. The fourth-order valence-corrected chi connectivity index (χ4v) is 7.60. The van der Waals surface area contributed by atoms with Crippen molar-refractivity contribution in [3.8, 4) is 0 Å². The van der Waals surface area contributed by atoms with Gasteiger partial charge >= 0.3 is 0 Å². The summed E-state index contributed by atoms with van der Waals surface area (Å²) in [6.45, 7) is 0.865. The Hall–Kier alpha value is -2.36. The van der Waals surface area contributed by atoms with Crippen molar-refractivity contribution in [3.63, 3.8) is 0 Å². The first-order valence-corrected chi connectivity index (χ1v) is 13.2. The smallest absolute Gasteiger partial charge is 0.246 e. The zero-order valence-corrected chi connectivity index (χ0v) is 19.4. The molecular weight excluding hydrogens is 444 g/mol. The number of aromatic nitrogens is 2. The number of nitrogens with one attached hydrogen (secondary N) is 1. The number of fused-ring (bicyclic) bond motifs is 1. The predicted molar refractivity (Wildman–Crippen MR) is 124 cm³/mol. The molecule has 1 N–H and O–H groups in total. The molecule has 2 aromatic carbocycles. The van der Waals surface area contributed by atoms with Gasteiger partial charge in [0.15, 0.2) is 0 Å². The zero-order chi connectivity index (χ0) is 22.2. The lowest BCUT2D eigenvalue weighted by Gasteiger charge is -2.31. The summed E-state index contributed by atoms with van der Waals surface area (Å²) >= 11 is 0.990. The quantitative estimate of drug-likeness (QED) is 0.596. The van der Waals surface area contributed by atoms with E-state index in [2.05, 4.69) is 26.2 Å². The van der Waals surface area contributed by atoms with Crippen LogP contribution in [0.15, 0.2) is 53.4 Å². The van der Waals surface area contributed by atoms with Crippen LogP contribution in [-0.2, 0) is 20.2 Å². The second-order valence-corrected chi connectivity index (χ2v) is 11.1. The molecule has 0 radical (unpaired) electrons. The standard InChI is InChI=1S/C23H26N4O3S2/c28-22(24-16-23(13-4-5-14-23)17-8-2-1-3-9-17)19-11-7-15-27(19)32(29,30)20-12-6-10-18-21(20)26-31-25-18/h1-3,6,8-10,12,19H,4-5,7,11,13-16H2,(H,24,28)/t19-/m0/s1. The molecule has 0 spiro atoms. The molecule has 9 heteroatoms. The van der Waals surface area contributed by atoms with Crippen molar-refractivity contribution in [2.24, 2.45) is 0 Å². The molecule has 168 valence electrons. The summed E-state index contributed by atoms with van der Waals surface area (Å²) in [5, 5.41) is 3.12. The molecule has 1 aliphatic heterocycles. The Balaban J connectivity index is 1.36. The van der Waals surface area contributed by atoms with Crippen molar-refractivity contribution in [1.82, 2.24) is 18.4 Å². The summed E-state index contributed by atoms with van der Waals surface area (Å²) in [6.07, 6.45) is 5.52. The van der Waals surface area contributed by atoms with Crippen LogP contribution in [0.3, 0.4) is 0 Å². The second kappa shape index (κ2) is 8.53. The first-order valence-electron chi connectivity index (χ1n) is 11.1. The molecule has 1 aliphatic carbocycles. The second-order valence-electron chi connectivity index (χ2n) is 8.73. The molecule has 0 unspecified atom stereocenters. The molecule has 2 fully saturated rings. The highest BCUT2D eigenvalue weighted by Gasteiger charge is 2.42. The van der Waals surface area contributed by atoms with Crippen LogP contribution in [0.4, 0.5) is 0 Å². The third kappa shape index (κ3) is 3.72. The van der Waals surface area contributed by atoms with Gasteiger partial charge in [0.2, 0.25) is 15.9 Å². The molecule has 1 amide bonds. The SMILES string of the molecule is O=C(NCC1(c2ccccc2)CCCC1)[C@@H]1CCCN1S(=O)(=O)c1cccc2nsnc12. The summed E-state index contributed by atoms with van der Waals surface area (Å²) in [6, 6.07) is 14.6. The third-order valence-corrected chi connectivity index (χ3v) is 9.37. The first kappa shape index (κ1) is 21.5. The van der Waals surface area contributed by atoms with Crippen molar-refractivity contribution in [3.05, 3.63) is 54.1 Å². The lowest BCUT2D eigenvalue weighted by Crippen LogP contribution is -2.49. The van der Waals surface area contributed by atoms with E-state index in [4.69, 9.17) is 0 Å². The monoisotopic (exact) mass is 470 g/mol. The van der Waals surface area contributed by atoms with Gasteiger partial charge in [-0.15, -0.1) is 0 Å². The topological polar surface area (TPSA) is 92.3 Å². The Morgan fingerprint density at radius 2 is 1.84 bits per heavy atom. The fraction of sp³-hybridized carbons (Fsp3) is 0.435. The number of carbonyl (C=O) groups is 1. The molecular formula is C23H26N4O3S2. The molecule has 0 bridgehead atoms. The van der Waals surface area contributed by atoms with Gasteiger partial charge in [0.1, 0.15) is 22.0 Å².